The second-order valence-corrected chi connectivity index (χ2v) is 8.46. The minimum Gasteiger partial charge on any atom is -0.370 e. The molecule has 9 nitrogen and oxygen atoms in total. The van der Waals surface area contributed by atoms with Crippen LogP contribution in [-0.4, -0.2) is 58.7 Å². The van der Waals surface area contributed by atoms with Crippen molar-refractivity contribution in [1.29, 1.82) is 0 Å². The zero-order chi connectivity index (χ0) is 22.5. The largest absolute Gasteiger partial charge is 0.370 e. The van der Waals surface area contributed by atoms with Gasteiger partial charge in [0.05, 0.1) is 5.69 Å². The molecule has 0 aliphatic carbocycles. The predicted molar refractivity (Wildman–Crippen MR) is 122 cm³/mol. The van der Waals surface area contributed by atoms with E-state index >= 15 is 0 Å². The van der Waals surface area contributed by atoms with E-state index in [1.54, 1.807) is 18.2 Å². The van der Waals surface area contributed by atoms with Crippen molar-refractivity contribution in [2.75, 3.05) is 13.1 Å². The molecule has 3 rings (SSSR count). The maximum atomic E-state index is 13.3. The van der Waals surface area contributed by atoms with Crippen LogP contribution >= 0.6 is 0 Å². The van der Waals surface area contributed by atoms with Gasteiger partial charge in [0.15, 0.2) is 5.96 Å². The van der Waals surface area contributed by atoms with Crippen LogP contribution in [0.5, 0.6) is 0 Å². The summed E-state index contributed by atoms with van der Waals surface area (Å²) in [7, 11) is 0. The number of nitrogens with zero attached hydrogens (tertiary/aromatic N) is 4. The fourth-order valence-corrected chi connectivity index (χ4v) is 4.34. The van der Waals surface area contributed by atoms with Crippen LogP contribution in [0.2, 0.25) is 0 Å². The van der Waals surface area contributed by atoms with E-state index in [-0.39, 0.29) is 35.8 Å². The Morgan fingerprint density at radius 1 is 0.839 bits per heavy atom. The third-order valence-electron chi connectivity index (χ3n) is 6.03. The van der Waals surface area contributed by atoms with Crippen molar-refractivity contribution >= 4 is 29.4 Å². The number of hydrogen-bond acceptors (Lipinski definition) is 3. The molecule has 0 radical (unpaired) electrons. The van der Waals surface area contributed by atoms with Gasteiger partial charge in [0.2, 0.25) is 5.96 Å². The highest BCUT2D eigenvalue weighted by Gasteiger charge is 2.28. The molecular weight excluding hydrogens is 394 g/mol. The van der Waals surface area contributed by atoms with Crippen LogP contribution in [0.4, 0.5) is 5.69 Å². The van der Waals surface area contributed by atoms with Gasteiger partial charge in [-0.3, -0.25) is 9.59 Å². The quantitative estimate of drug-likeness (QED) is 0.499. The van der Waals surface area contributed by atoms with E-state index in [0.29, 0.717) is 29.9 Å². The van der Waals surface area contributed by atoms with Crippen molar-refractivity contribution in [3.8, 4) is 0 Å². The molecule has 2 aliphatic rings. The van der Waals surface area contributed by atoms with Gasteiger partial charge in [0.1, 0.15) is 0 Å². The molecule has 31 heavy (non-hydrogen) atoms. The Hall–Kier alpha value is -3.10. The van der Waals surface area contributed by atoms with Crippen LogP contribution in [0.25, 0.3) is 0 Å². The number of carbonyl (C=O) groups excluding carboxylic acids is 2. The summed E-state index contributed by atoms with van der Waals surface area (Å²) in [5.41, 5.74) is 17.7. The van der Waals surface area contributed by atoms with Crippen LogP contribution < -0.4 is 17.2 Å². The number of nitrogens with two attached hydrogens (primary N) is 3. The lowest BCUT2D eigenvalue weighted by Gasteiger charge is -2.34. The topological polar surface area (TPSA) is 143 Å². The number of piperidine rings is 2. The number of amides is 2. The molecule has 0 aromatic heterocycles. The Morgan fingerprint density at radius 2 is 1.32 bits per heavy atom. The van der Waals surface area contributed by atoms with Gasteiger partial charge >= 0.3 is 0 Å². The van der Waals surface area contributed by atoms with Crippen molar-refractivity contribution < 1.29 is 9.59 Å². The van der Waals surface area contributed by atoms with Crippen LogP contribution in [0.1, 0.15) is 73.1 Å². The van der Waals surface area contributed by atoms with Gasteiger partial charge in [-0.15, -0.1) is 0 Å². The molecule has 2 heterocycles. The zero-order valence-electron chi connectivity index (χ0n) is 18.4. The molecule has 2 amide bonds. The maximum Gasteiger partial charge on any atom is 0.254 e. The van der Waals surface area contributed by atoms with E-state index < -0.39 is 0 Å². The van der Waals surface area contributed by atoms with Gasteiger partial charge in [-0.05, 0) is 70.6 Å². The highest BCUT2D eigenvalue weighted by Crippen LogP contribution is 2.26. The molecule has 1 aromatic rings. The number of benzene rings is 1. The van der Waals surface area contributed by atoms with Crippen molar-refractivity contribution in [2.45, 2.75) is 64.5 Å². The van der Waals surface area contributed by atoms with E-state index in [0.717, 1.165) is 38.5 Å². The summed E-state index contributed by atoms with van der Waals surface area (Å²) in [5, 5.41) is 0. The first-order valence-corrected chi connectivity index (χ1v) is 11.0. The predicted octanol–water partition coefficient (Wildman–Crippen LogP) is 1.94. The van der Waals surface area contributed by atoms with E-state index in [4.69, 9.17) is 17.2 Å². The van der Waals surface area contributed by atoms with Crippen LogP contribution in [0.3, 0.4) is 0 Å². The number of likely N-dealkylation sites (tertiary alicyclic amines) is 2. The Balaban J connectivity index is 2.00. The summed E-state index contributed by atoms with van der Waals surface area (Å²) < 4.78 is 0. The molecule has 0 saturated carbocycles. The smallest absolute Gasteiger partial charge is 0.254 e. The Morgan fingerprint density at radius 3 is 1.74 bits per heavy atom. The Labute approximate surface area is 183 Å². The lowest BCUT2D eigenvalue weighted by atomic mass is 9.99. The molecule has 1 aromatic carbocycles. The highest BCUT2D eigenvalue weighted by atomic mass is 16.2. The van der Waals surface area contributed by atoms with E-state index in [1.807, 2.05) is 9.80 Å². The zero-order valence-corrected chi connectivity index (χ0v) is 18.4. The van der Waals surface area contributed by atoms with Crippen LogP contribution in [-0.2, 0) is 0 Å². The molecule has 2 saturated heterocycles. The van der Waals surface area contributed by atoms with Crippen molar-refractivity contribution in [3.63, 3.8) is 0 Å². The SMILES string of the molecule is CC1CCCCN1C(=O)c1cc(N=C(N)N=C(N)N)cc(C(=O)N2CCCCC2C)c1. The minimum absolute atomic E-state index is 0.106. The first-order chi connectivity index (χ1) is 14.8. The number of aliphatic imine (C=N–C) groups is 2. The molecule has 2 unspecified atom stereocenters. The van der Waals surface area contributed by atoms with Crippen LogP contribution in [0.15, 0.2) is 28.2 Å². The molecule has 2 fully saturated rings. The van der Waals surface area contributed by atoms with Crippen molar-refractivity contribution in [3.05, 3.63) is 29.3 Å². The van der Waals surface area contributed by atoms with Gasteiger partial charge < -0.3 is 27.0 Å². The third kappa shape index (κ3) is 5.53. The van der Waals surface area contributed by atoms with Gasteiger partial charge in [0, 0.05) is 36.3 Å². The lowest BCUT2D eigenvalue weighted by Crippen LogP contribution is -2.43. The fraction of sp³-hybridized carbons (Fsp3) is 0.545. The lowest BCUT2D eigenvalue weighted by molar-refractivity contribution is 0.0634. The first kappa shape index (κ1) is 22.6. The third-order valence-corrected chi connectivity index (χ3v) is 6.03. The second kappa shape index (κ2) is 9.80. The number of carbonyl (C=O) groups is 2. The number of guanidine groups is 2. The Bertz CT molecular complexity index is 840. The van der Waals surface area contributed by atoms with Gasteiger partial charge in [-0.1, -0.05) is 0 Å². The van der Waals surface area contributed by atoms with Crippen molar-refractivity contribution in [1.82, 2.24) is 9.80 Å². The van der Waals surface area contributed by atoms with E-state index in [2.05, 4.69) is 23.8 Å². The van der Waals surface area contributed by atoms with Crippen molar-refractivity contribution in [2.24, 2.45) is 27.2 Å². The normalized spacial score (nSPS) is 22.2. The highest BCUT2D eigenvalue weighted by molar-refractivity contribution is 6.02. The Kier molecular flexibility index (Phi) is 7.14. The minimum atomic E-state index is -0.214. The fourth-order valence-electron chi connectivity index (χ4n) is 4.34. The molecule has 9 heteroatoms. The first-order valence-electron chi connectivity index (χ1n) is 11.0. The average Bonchev–Trinajstić information content (AvgIpc) is 2.72. The number of rotatable bonds is 3. The second-order valence-electron chi connectivity index (χ2n) is 8.46. The average molecular weight is 428 g/mol. The molecular formula is C22H33N7O2. The summed E-state index contributed by atoms with van der Waals surface area (Å²) in [4.78, 5) is 38.3. The molecule has 2 atom stereocenters. The molecule has 168 valence electrons. The molecule has 2 aliphatic heterocycles. The summed E-state index contributed by atoms with van der Waals surface area (Å²) in [5.74, 6) is -0.564. The summed E-state index contributed by atoms with van der Waals surface area (Å²) >= 11 is 0. The van der Waals surface area contributed by atoms with Gasteiger partial charge in [-0.2, -0.15) is 4.99 Å². The summed E-state index contributed by atoms with van der Waals surface area (Å²) in [6.07, 6.45) is 6.11. The monoisotopic (exact) mass is 427 g/mol. The molecule has 0 spiro atoms. The standard InChI is InChI=1S/C22H33N7O2/c1-14-7-3-5-9-28(14)19(30)16-11-17(20(31)29-10-6-4-8-15(29)2)13-18(12-16)26-22(25)27-21(23)24/h11-15H,3-10H2,1-2H3,(H6,23,24,25,26,27). The van der Waals surface area contributed by atoms with Crippen LogP contribution in [0, 0.1) is 0 Å². The molecule has 6 N–H and O–H groups in total. The van der Waals surface area contributed by atoms with E-state index in [1.165, 1.54) is 0 Å². The maximum absolute atomic E-state index is 13.3. The summed E-state index contributed by atoms with van der Waals surface area (Å²) in [6, 6.07) is 5.25. The summed E-state index contributed by atoms with van der Waals surface area (Å²) in [6.45, 7) is 5.51. The number of hydrogen-bond donors (Lipinski definition) is 3. The van der Waals surface area contributed by atoms with Gasteiger partial charge in [0.25, 0.3) is 11.8 Å². The van der Waals surface area contributed by atoms with E-state index in [9.17, 15) is 9.59 Å². The van der Waals surface area contributed by atoms with Gasteiger partial charge in [-0.25, -0.2) is 4.99 Å². The molecule has 0 bridgehead atoms.